The zero-order valence-electron chi connectivity index (χ0n) is 7.43. The van der Waals surface area contributed by atoms with Gasteiger partial charge in [-0.25, -0.2) is 0 Å². The van der Waals surface area contributed by atoms with Gasteiger partial charge < -0.3 is 12.4 Å². The monoisotopic (exact) mass is 275 g/mol. The number of halogens is 1. The summed E-state index contributed by atoms with van der Waals surface area (Å²) < 4.78 is 3.34. The quantitative estimate of drug-likeness (QED) is 0.470. The fraction of sp³-hybridized carbons (Fsp3) is 0.111. The number of anilines is 1. The SMILES string of the molecule is Nc1cc[n+](Cc2ccc[se]2)nc1.[Cl-]. The Hall–Kier alpha value is -0.831. The molecule has 0 aliphatic heterocycles. The molecule has 0 radical (unpaired) electrons. The number of nitrogens with two attached hydrogens (primary N) is 1. The molecule has 2 aromatic heterocycles. The minimum atomic E-state index is 0. The third kappa shape index (κ3) is 2.84. The average molecular weight is 275 g/mol. The first-order valence-corrected chi connectivity index (χ1v) is 5.83. The van der Waals surface area contributed by atoms with Crippen LogP contribution in [0.25, 0.3) is 0 Å². The van der Waals surface area contributed by atoms with Gasteiger partial charge in [0.2, 0.25) is 0 Å². The van der Waals surface area contributed by atoms with Crippen LogP contribution in [0, 0.1) is 0 Å². The Balaban J connectivity index is 0.000000980. The summed E-state index contributed by atoms with van der Waals surface area (Å²) in [6, 6.07) is 6.13. The van der Waals surface area contributed by atoms with Crippen molar-refractivity contribution in [3.8, 4) is 0 Å². The summed E-state index contributed by atoms with van der Waals surface area (Å²) in [6.07, 6.45) is 3.58. The zero-order valence-corrected chi connectivity index (χ0v) is 9.90. The van der Waals surface area contributed by atoms with Crippen LogP contribution in [-0.4, -0.2) is 19.6 Å². The molecule has 3 nitrogen and oxygen atoms in total. The van der Waals surface area contributed by atoms with Crippen LogP contribution >= 0.6 is 0 Å². The number of hydrogen-bond donors (Lipinski definition) is 1. The predicted octanol–water partition coefficient (Wildman–Crippen LogP) is -2.94. The molecule has 0 aliphatic rings. The summed E-state index contributed by atoms with van der Waals surface area (Å²) in [4.78, 5) is 2.21. The maximum Gasteiger partial charge on any atom is -1.00 e. The van der Waals surface area contributed by atoms with E-state index in [0.717, 1.165) is 6.54 Å². The fourth-order valence-corrected chi connectivity index (χ4v) is 2.51. The van der Waals surface area contributed by atoms with Crippen LogP contribution in [0.2, 0.25) is 0 Å². The Labute approximate surface area is 94.7 Å². The van der Waals surface area contributed by atoms with Crippen molar-refractivity contribution in [3.05, 3.63) is 40.0 Å². The molecule has 5 heteroatoms. The molecule has 0 unspecified atom stereocenters. The standard InChI is InChI=1S/C9H9N3Se.ClH/c10-8-3-4-12(11-6-8)7-9-2-1-5-13-9;/h1-6,10H,7H2;1H. The molecule has 0 aromatic carbocycles. The van der Waals surface area contributed by atoms with E-state index < -0.39 is 0 Å². The molecule has 2 aromatic rings. The van der Waals surface area contributed by atoms with Gasteiger partial charge in [-0.3, -0.25) is 0 Å². The van der Waals surface area contributed by atoms with E-state index in [1.165, 1.54) is 4.44 Å². The van der Waals surface area contributed by atoms with Crippen LogP contribution in [0.4, 0.5) is 5.69 Å². The smallest absolute Gasteiger partial charge is 1.00 e. The van der Waals surface area contributed by atoms with Crippen molar-refractivity contribution < 1.29 is 17.1 Å². The molecule has 2 heterocycles. The number of hydrogen-bond acceptors (Lipinski definition) is 2. The number of aromatic nitrogens is 2. The van der Waals surface area contributed by atoms with Crippen molar-refractivity contribution in [2.24, 2.45) is 0 Å². The molecule has 0 spiro atoms. The van der Waals surface area contributed by atoms with Gasteiger partial charge in [0.05, 0.1) is 0 Å². The third-order valence-corrected chi connectivity index (χ3v) is 3.50. The minimum absolute atomic E-state index is 0. The van der Waals surface area contributed by atoms with Crippen molar-refractivity contribution in [1.82, 2.24) is 5.10 Å². The summed E-state index contributed by atoms with van der Waals surface area (Å²) in [5.41, 5.74) is 6.24. The summed E-state index contributed by atoms with van der Waals surface area (Å²) in [5.74, 6) is 0. The maximum absolute atomic E-state index is 5.54. The second kappa shape index (κ2) is 5.15. The number of nitrogen functional groups attached to an aromatic ring is 1. The van der Waals surface area contributed by atoms with Crippen LogP contribution in [0.1, 0.15) is 4.44 Å². The summed E-state index contributed by atoms with van der Waals surface area (Å²) in [6.45, 7) is 0.882. The molecular formula is C9H10ClN3Se. The van der Waals surface area contributed by atoms with Gasteiger partial charge in [-0.15, -0.1) is 0 Å². The predicted molar refractivity (Wildman–Crippen MR) is 51.3 cm³/mol. The molecule has 0 atom stereocenters. The topological polar surface area (TPSA) is 42.8 Å². The van der Waals surface area contributed by atoms with Gasteiger partial charge >= 0.3 is 82.2 Å². The molecule has 0 bridgehead atoms. The summed E-state index contributed by atoms with van der Waals surface area (Å²) in [7, 11) is 0. The van der Waals surface area contributed by atoms with Gasteiger partial charge in [-0.2, -0.15) is 0 Å². The molecule has 0 amide bonds. The zero-order chi connectivity index (χ0) is 9.10. The Morgan fingerprint density at radius 3 is 2.86 bits per heavy atom. The van der Waals surface area contributed by atoms with E-state index >= 15 is 0 Å². The molecule has 74 valence electrons. The van der Waals surface area contributed by atoms with Crippen LogP contribution in [0.3, 0.4) is 0 Å². The van der Waals surface area contributed by atoms with E-state index in [2.05, 4.69) is 22.2 Å². The molecular weight excluding hydrogens is 265 g/mol. The molecule has 0 fully saturated rings. The van der Waals surface area contributed by atoms with Gasteiger partial charge in [0.1, 0.15) is 0 Å². The van der Waals surface area contributed by atoms with Gasteiger partial charge in [-0.05, 0) is 0 Å². The van der Waals surface area contributed by atoms with Crippen LogP contribution < -0.4 is 22.8 Å². The van der Waals surface area contributed by atoms with Crippen LogP contribution in [0.5, 0.6) is 0 Å². The number of rotatable bonds is 2. The van der Waals surface area contributed by atoms with Gasteiger partial charge in [0.25, 0.3) is 0 Å². The van der Waals surface area contributed by atoms with E-state index in [0.29, 0.717) is 20.2 Å². The Morgan fingerprint density at radius 2 is 2.29 bits per heavy atom. The first kappa shape index (κ1) is 11.2. The Morgan fingerprint density at radius 1 is 1.43 bits per heavy atom. The molecule has 2 rings (SSSR count). The number of nitrogens with zero attached hydrogens (tertiary/aromatic N) is 2. The van der Waals surface area contributed by atoms with E-state index in [9.17, 15) is 0 Å². The van der Waals surface area contributed by atoms with Gasteiger partial charge in [0.15, 0.2) is 0 Å². The first-order valence-electron chi connectivity index (χ1n) is 3.98. The van der Waals surface area contributed by atoms with Crippen LogP contribution in [-0.2, 0) is 6.54 Å². The van der Waals surface area contributed by atoms with Crippen molar-refractivity contribution in [2.75, 3.05) is 5.73 Å². The fourth-order valence-electron chi connectivity index (χ4n) is 1.05. The second-order valence-electron chi connectivity index (χ2n) is 2.74. The average Bonchev–Trinajstić information content (AvgIpc) is 2.62. The minimum Gasteiger partial charge on any atom is -1.00 e. The third-order valence-electron chi connectivity index (χ3n) is 1.69. The maximum atomic E-state index is 5.54. The Bertz CT molecular complexity index is 371. The van der Waals surface area contributed by atoms with E-state index in [4.69, 9.17) is 5.73 Å². The summed E-state index contributed by atoms with van der Waals surface area (Å²) >= 11 is 0.524. The Kier molecular flexibility index (Phi) is 4.14. The van der Waals surface area contributed by atoms with Crippen molar-refractivity contribution >= 4 is 20.2 Å². The molecule has 0 saturated heterocycles. The van der Waals surface area contributed by atoms with Gasteiger partial charge in [-0.1, -0.05) is 0 Å². The second-order valence-corrected chi connectivity index (χ2v) is 4.90. The van der Waals surface area contributed by atoms with E-state index in [1.54, 1.807) is 6.20 Å². The van der Waals surface area contributed by atoms with Gasteiger partial charge in [0, 0.05) is 0 Å². The molecule has 2 N–H and O–H groups in total. The largest absolute Gasteiger partial charge is 1.00 e. The summed E-state index contributed by atoms with van der Waals surface area (Å²) in [5, 5.41) is 4.17. The normalized spacial score (nSPS) is 9.43. The van der Waals surface area contributed by atoms with E-state index in [-0.39, 0.29) is 12.4 Å². The molecule has 14 heavy (non-hydrogen) atoms. The van der Waals surface area contributed by atoms with Crippen LogP contribution in [0.15, 0.2) is 35.5 Å². The van der Waals surface area contributed by atoms with Crippen molar-refractivity contribution in [3.63, 3.8) is 0 Å². The van der Waals surface area contributed by atoms with E-state index in [1.807, 2.05) is 16.9 Å². The molecule has 0 aliphatic carbocycles. The first-order chi connectivity index (χ1) is 6.34. The van der Waals surface area contributed by atoms with Crippen molar-refractivity contribution in [1.29, 1.82) is 0 Å². The molecule has 0 saturated carbocycles. The van der Waals surface area contributed by atoms with Crippen molar-refractivity contribution in [2.45, 2.75) is 6.54 Å².